The van der Waals surface area contributed by atoms with E-state index in [1.165, 1.54) is 0 Å². The second-order valence-electron chi connectivity index (χ2n) is 7.45. The zero-order valence-corrected chi connectivity index (χ0v) is 17.6. The standard InChI is InChI=1S/C10H28O2Si3.C3H6O2/c1-9-10-15(8,11-13(2,3)4)12-14(5,6)7;4-1-3-2-5-3/h9-10H2,1-8H3;3-4H,1-2H2. The van der Waals surface area contributed by atoms with Gasteiger partial charge in [0.25, 0.3) is 0 Å². The zero-order valence-electron chi connectivity index (χ0n) is 14.6. The Morgan fingerprint density at radius 2 is 1.40 bits per heavy atom. The number of aliphatic hydroxyl groups excluding tert-OH is 1. The summed E-state index contributed by atoms with van der Waals surface area (Å²) in [5, 5.41) is 8.08. The van der Waals surface area contributed by atoms with E-state index in [1.54, 1.807) is 0 Å². The Morgan fingerprint density at radius 3 is 1.55 bits per heavy atom. The van der Waals surface area contributed by atoms with Crippen molar-refractivity contribution in [1.82, 2.24) is 0 Å². The summed E-state index contributed by atoms with van der Waals surface area (Å²) in [5.74, 6) is 0. The molecule has 122 valence electrons. The summed E-state index contributed by atoms with van der Waals surface area (Å²) in [6, 6.07) is 1.13. The number of epoxide rings is 1. The second kappa shape index (κ2) is 8.21. The Balaban J connectivity index is 0.000000595. The van der Waals surface area contributed by atoms with Crippen molar-refractivity contribution in [3.8, 4) is 0 Å². The van der Waals surface area contributed by atoms with Crippen LogP contribution in [-0.4, -0.2) is 49.6 Å². The molecule has 0 bridgehead atoms. The largest absolute Gasteiger partial charge is 0.437 e. The third kappa shape index (κ3) is 12.2. The van der Waals surface area contributed by atoms with Crippen LogP contribution in [0.3, 0.4) is 0 Å². The highest BCUT2D eigenvalue weighted by molar-refractivity contribution is 6.87. The molecule has 0 amide bonds. The molecule has 1 rings (SSSR count). The molecule has 0 aliphatic carbocycles. The first-order valence-electron chi connectivity index (χ1n) is 7.53. The van der Waals surface area contributed by atoms with Gasteiger partial charge in [-0.2, -0.15) is 0 Å². The van der Waals surface area contributed by atoms with Gasteiger partial charge in [-0.15, -0.1) is 0 Å². The van der Waals surface area contributed by atoms with Crippen molar-refractivity contribution in [1.29, 1.82) is 0 Å². The molecule has 1 unspecified atom stereocenters. The van der Waals surface area contributed by atoms with E-state index in [0.717, 1.165) is 19.1 Å². The van der Waals surface area contributed by atoms with Crippen LogP contribution in [0.25, 0.3) is 0 Å². The van der Waals surface area contributed by atoms with Crippen molar-refractivity contribution < 1.29 is 18.1 Å². The highest BCUT2D eigenvalue weighted by atomic mass is 28.5. The molecule has 1 aliphatic rings. The molecule has 1 atom stereocenters. The zero-order chi connectivity index (χ0) is 16.0. The van der Waals surface area contributed by atoms with Crippen LogP contribution in [0, 0.1) is 0 Å². The second-order valence-corrected chi connectivity index (χ2v) is 20.3. The third-order valence-electron chi connectivity index (χ3n) is 2.35. The van der Waals surface area contributed by atoms with E-state index in [4.69, 9.17) is 13.3 Å². The van der Waals surface area contributed by atoms with Gasteiger partial charge in [-0.3, -0.25) is 0 Å². The average molecular weight is 339 g/mol. The molecule has 0 aromatic heterocycles. The van der Waals surface area contributed by atoms with Crippen molar-refractivity contribution in [2.45, 2.75) is 71.3 Å². The van der Waals surface area contributed by atoms with E-state index in [0.29, 0.717) is 0 Å². The maximum atomic E-state index is 8.08. The first-order valence-corrected chi connectivity index (χ1v) is 16.9. The Kier molecular flexibility index (Phi) is 8.41. The highest BCUT2D eigenvalue weighted by Crippen LogP contribution is 2.25. The van der Waals surface area contributed by atoms with Crippen molar-refractivity contribution in [3.05, 3.63) is 0 Å². The molecule has 1 saturated heterocycles. The fraction of sp³-hybridized carbons (Fsp3) is 1.00. The van der Waals surface area contributed by atoms with Gasteiger partial charge >= 0.3 is 8.56 Å². The van der Waals surface area contributed by atoms with Crippen molar-refractivity contribution in [3.63, 3.8) is 0 Å². The molecule has 0 radical (unpaired) electrons. The molecule has 0 spiro atoms. The molecule has 4 nitrogen and oxygen atoms in total. The first kappa shape index (κ1) is 20.5. The van der Waals surface area contributed by atoms with Crippen molar-refractivity contribution in [2.75, 3.05) is 13.2 Å². The van der Waals surface area contributed by atoms with Gasteiger partial charge in [0.15, 0.2) is 16.6 Å². The van der Waals surface area contributed by atoms with E-state index < -0.39 is 25.2 Å². The quantitative estimate of drug-likeness (QED) is 0.570. The maximum absolute atomic E-state index is 8.08. The Bertz CT molecular complexity index is 254. The Labute approximate surface area is 128 Å². The number of rotatable bonds is 7. The molecule has 7 heteroatoms. The van der Waals surface area contributed by atoms with Crippen LogP contribution in [0.1, 0.15) is 13.3 Å². The van der Waals surface area contributed by atoms with Gasteiger partial charge in [0.1, 0.15) is 6.10 Å². The minimum Gasteiger partial charge on any atom is -0.437 e. The Morgan fingerprint density at radius 1 is 1.00 bits per heavy atom. The van der Waals surface area contributed by atoms with Gasteiger partial charge in [0.2, 0.25) is 0 Å². The average Bonchev–Trinajstić information content (AvgIpc) is 2.94. The van der Waals surface area contributed by atoms with Crippen molar-refractivity contribution in [2.24, 2.45) is 0 Å². The van der Waals surface area contributed by atoms with E-state index in [9.17, 15) is 0 Å². The fourth-order valence-corrected chi connectivity index (χ4v) is 14.7. The Hall–Kier alpha value is 0.491. The van der Waals surface area contributed by atoms with Crippen LogP contribution in [-0.2, 0) is 13.0 Å². The summed E-state index contributed by atoms with van der Waals surface area (Å²) >= 11 is 0. The van der Waals surface area contributed by atoms with Crippen LogP contribution in [0.15, 0.2) is 0 Å². The predicted molar refractivity (Wildman–Crippen MR) is 92.4 cm³/mol. The molecule has 0 aromatic rings. The third-order valence-corrected chi connectivity index (χ3v) is 12.1. The number of ether oxygens (including phenoxy) is 1. The molecule has 1 fully saturated rings. The van der Waals surface area contributed by atoms with Crippen molar-refractivity contribution >= 4 is 25.2 Å². The number of hydrogen-bond acceptors (Lipinski definition) is 4. The summed E-state index contributed by atoms with van der Waals surface area (Å²) < 4.78 is 17.3. The molecule has 1 aliphatic heterocycles. The lowest BCUT2D eigenvalue weighted by Gasteiger charge is -2.38. The lowest BCUT2D eigenvalue weighted by atomic mass is 10.5. The molecular weight excluding hydrogens is 304 g/mol. The summed E-state index contributed by atoms with van der Waals surface area (Å²) in [6.07, 6.45) is 1.35. The van der Waals surface area contributed by atoms with Crippen LogP contribution >= 0.6 is 0 Å². The van der Waals surface area contributed by atoms with Gasteiger partial charge in [-0.1, -0.05) is 13.3 Å². The van der Waals surface area contributed by atoms with Crippen LogP contribution in [0.4, 0.5) is 0 Å². The predicted octanol–water partition coefficient (Wildman–Crippen LogP) is 3.55. The summed E-state index contributed by atoms with van der Waals surface area (Å²) in [5.41, 5.74) is 0. The van der Waals surface area contributed by atoms with Gasteiger partial charge < -0.3 is 18.1 Å². The van der Waals surface area contributed by atoms with Crippen LogP contribution in [0.2, 0.25) is 51.9 Å². The molecule has 0 saturated carbocycles. The van der Waals surface area contributed by atoms with Gasteiger partial charge in [-0.05, 0) is 51.9 Å². The first-order chi connectivity index (χ1) is 8.91. The normalized spacial score (nSPS) is 19.4. The topological polar surface area (TPSA) is 51.2 Å². The number of hydrogen-bond donors (Lipinski definition) is 1. The van der Waals surface area contributed by atoms with E-state index in [-0.39, 0.29) is 12.7 Å². The highest BCUT2D eigenvalue weighted by Gasteiger charge is 2.39. The van der Waals surface area contributed by atoms with Gasteiger partial charge in [0, 0.05) is 0 Å². The monoisotopic (exact) mass is 338 g/mol. The lowest BCUT2D eigenvalue weighted by molar-refractivity contribution is 0.244. The minimum absolute atomic E-state index is 0.190. The summed E-state index contributed by atoms with van der Waals surface area (Å²) in [4.78, 5) is 0. The van der Waals surface area contributed by atoms with Crippen LogP contribution in [0.5, 0.6) is 0 Å². The fourth-order valence-electron chi connectivity index (χ4n) is 2.05. The molecular formula is C13H34O4Si3. The smallest absolute Gasteiger partial charge is 0.314 e. The number of aliphatic hydroxyl groups is 1. The van der Waals surface area contributed by atoms with Gasteiger partial charge in [-0.25, -0.2) is 0 Å². The SMILES string of the molecule is CCC[Si](C)(O[Si](C)(C)C)O[Si](C)(C)C.OCC1CO1. The van der Waals surface area contributed by atoms with E-state index in [1.807, 2.05) is 0 Å². The summed E-state index contributed by atoms with van der Waals surface area (Å²) in [7, 11) is -4.84. The molecule has 20 heavy (non-hydrogen) atoms. The molecule has 1 N–H and O–H groups in total. The maximum Gasteiger partial charge on any atom is 0.314 e. The minimum atomic E-state index is -1.90. The summed E-state index contributed by atoms with van der Waals surface area (Å²) in [6.45, 7) is 18.9. The molecule has 1 heterocycles. The lowest BCUT2D eigenvalue weighted by Crippen LogP contribution is -2.52. The van der Waals surface area contributed by atoms with E-state index in [2.05, 4.69) is 57.5 Å². The molecule has 0 aromatic carbocycles. The van der Waals surface area contributed by atoms with E-state index >= 15 is 0 Å². The van der Waals surface area contributed by atoms with Crippen LogP contribution < -0.4 is 0 Å². The van der Waals surface area contributed by atoms with Gasteiger partial charge in [0.05, 0.1) is 13.2 Å².